The van der Waals surface area contributed by atoms with E-state index < -0.39 is 0 Å². The van der Waals surface area contributed by atoms with Gasteiger partial charge in [-0.2, -0.15) is 0 Å². The second-order valence-corrected chi connectivity index (χ2v) is 4.52. The fourth-order valence-electron chi connectivity index (χ4n) is 2.52. The number of nitrogens with zero attached hydrogens (tertiary/aromatic N) is 2. The van der Waals surface area contributed by atoms with Gasteiger partial charge in [0.25, 0.3) is 0 Å². The van der Waals surface area contributed by atoms with Crippen LogP contribution >= 0.6 is 11.6 Å². The van der Waals surface area contributed by atoms with Gasteiger partial charge in [0.15, 0.2) is 0 Å². The zero-order chi connectivity index (χ0) is 10.3. The summed E-state index contributed by atoms with van der Waals surface area (Å²) in [5.74, 6) is 0. The molecule has 1 saturated carbocycles. The third kappa shape index (κ3) is 1.44. The van der Waals surface area contributed by atoms with Crippen LogP contribution in [0, 0.1) is 0 Å². The highest BCUT2D eigenvalue weighted by atomic mass is 35.5. The predicted molar refractivity (Wildman–Crippen MR) is 62.2 cm³/mol. The van der Waals surface area contributed by atoms with Crippen LogP contribution in [-0.4, -0.2) is 9.55 Å². The molecule has 0 amide bonds. The van der Waals surface area contributed by atoms with E-state index in [1.807, 2.05) is 18.2 Å². The number of aromatic nitrogens is 2. The van der Waals surface area contributed by atoms with Crippen LogP contribution < -0.4 is 0 Å². The highest BCUT2D eigenvalue weighted by Crippen LogP contribution is 2.34. The topological polar surface area (TPSA) is 17.8 Å². The van der Waals surface area contributed by atoms with Crippen LogP contribution in [-0.2, 0) is 0 Å². The summed E-state index contributed by atoms with van der Waals surface area (Å²) in [5, 5.41) is 0.642. The van der Waals surface area contributed by atoms with Gasteiger partial charge >= 0.3 is 0 Å². The summed E-state index contributed by atoms with van der Waals surface area (Å²) < 4.78 is 2.20. The Hall–Kier alpha value is -1.02. The van der Waals surface area contributed by atoms with Crippen molar-refractivity contribution < 1.29 is 0 Å². The Kier molecular flexibility index (Phi) is 2.17. The third-order valence-corrected chi connectivity index (χ3v) is 3.51. The molecule has 2 aromatic rings. The van der Waals surface area contributed by atoms with Gasteiger partial charge in [-0.25, -0.2) is 4.98 Å². The summed E-state index contributed by atoms with van der Waals surface area (Å²) in [7, 11) is 0. The van der Waals surface area contributed by atoms with Crippen molar-refractivity contribution >= 4 is 22.6 Å². The van der Waals surface area contributed by atoms with Crippen molar-refractivity contribution in [1.29, 1.82) is 0 Å². The van der Waals surface area contributed by atoms with Gasteiger partial charge < -0.3 is 4.57 Å². The lowest BCUT2D eigenvalue weighted by Gasteiger charge is -2.13. The molecule has 0 spiro atoms. The second-order valence-electron chi connectivity index (χ2n) is 4.18. The molecule has 0 radical (unpaired) electrons. The number of halogens is 1. The molecule has 1 aliphatic carbocycles. The van der Waals surface area contributed by atoms with Crippen LogP contribution in [0.4, 0.5) is 0 Å². The third-order valence-electron chi connectivity index (χ3n) is 3.24. The first-order valence-electron chi connectivity index (χ1n) is 5.49. The minimum Gasteiger partial charge on any atom is -0.312 e. The largest absolute Gasteiger partial charge is 0.312 e. The fraction of sp³-hybridized carbons (Fsp3) is 0.417. The van der Waals surface area contributed by atoms with E-state index in [-0.39, 0.29) is 0 Å². The molecular weight excluding hydrogens is 208 g/mol. The second kappa shape index (κ2) is 3.53. The minimum atomic E-state index is 0.560. The van der Waals surface area contributed by atoms with Gasteiger partial charge in [-0.05, 0) is 36.6 Å². The van der Waals surface area contributed by atoms with Crippen LogP contribution in [0.5, 0.6) is 0 Å². The summed E-state index contributed by atoms with van der Waals surface area (Å²) in [4.78, 5) is 4.39. The van der Waals surface area contributed by atoms with Gasteiger partial charge in [0.1, 0.15) is 0 Å². The molecule has 1 heterocycles. The standard InChI is InChI=1S/C12H13ClN2/c13-12-14-10-7-3-4-8-11(10)15(12)9-5-1-2-6-9/h3-4,7-9H,1-2,5-6H2. The Labute approximate surface area is 93.9 Å². The van der Waals surface area contributed by atoms with Gasteiger partial charge in [-0.15, -0.1) is 0 Å². The molecule has 3 rings (SSSR count). The molecule has 0 bridgehead atoms. The normalized spacial score (nSPS) is 17.7. The van der Waals surface area contributed by atoms with E-state index in [0.717, 1.165) is 5.52 Å². The Bertz CT molecular complexity index is 483. The van der Waals surface area contributed by atoms with E-state index in [4.69, 9.17) is 11.6 Å². The maximum absolute atomic E-state index is 6.20. The zero-order valence-corrected chi connectivity index (χ0v) is 9.24. The van der Waals surface area contributed by atoms with Crippen LogP contribution in [0.15, 0.2) is 24.3 Å². The van der Waals surface area contributed by atoms with Crippen molar-refractivity contribution in [2.75, 3.05) is 0 Å². The van der Waals surface area contributed by atoms with Crippen molar-refractivity contribution in [3.8, 4) is 0 Å². The monoisotopic (exact) mass is 220 g/mol. The molecule has 78 valence electrons. The summed E-state index contributed by atoms with van der Waals surface area (Å²) in [6.45, 7) is 0. The molecular formula is C12H13ClN2. The van der Waals surface area contributed by atoms with E-state index in [0.29, 0.717) is 11.3 Å². The smallest absolute Gasteiger partial charge is 0.204 e. The summed E-state index contributed by atoms with van der Waals surface area (Å²) >= 11 is 6.20. The first kappa shape index (κ1) is 9.22. The van der Waals surface area contributed by atoms with E-state index >= 15 is 0 Å². The first-order valence-corrected chi connectivity index (χ1v) is 5.86. The van der Waals surface area contributed by atoms with Gasteiger partial charge in [-0.1, -0.05) is 25.0 Å². The Morgan fingerprint density at radius 1 is 1.20 bits per heavy atom. The van der Waals surface area contributed by atoms with E-state index in [9.17, 15) is 0 Å². The quantitative estimate of drug-likeness (QED) is 0.715. The lowest BCUT2D eigenvalue weighted by atomic mass is 10.2. The first-order chi connectivity index (χ1) is 7.36. The lowest BCUT2D eigenvalue weighted by molar-refractivity contribution is 0.533. The Morgan fingerprint density at radius 3 is 2.73 bits per heavy atom. The number of hydrogen-bond acceptors (Lipinski definition) is 1. The van der Waals surface area contributed by atoms with E-state index in [1.54, 1.807) is 0 Å². The molecule has 0 unspecified atom stereocenters. The molecule has 1 aromatic heterocycles. The van der Waals surface area contributed by atoms with Crippen LogP contribution in [0.25, 0.3) is 11.0 Å². The molecule has 0 N–H and O–H groups in total. The molecule has 1 aromatic carbocycles. The summed E-state index contributed by atoms with van der Waals surface area (Å²) in [5.41, 5.74) is 2.18. The maximum atomic E-state index is 6.20. The van der Waals surface area contributed by atoms with E-state index in [2.05, 4.69) is 15.6 Å². The lowest BCUT2D eigenvalue weighted by Crippen LogP contribution is -2.04. The van der Waals surface area contributed by atoms with Gasteiger partial charge in [0.2, 0.25) is 5.28 Å². The van der Waals surface area contributed by atoms with Crippen LogP contribution in [0.3, 0.4) is 0 Å². The van der Waals surface area contributed by atoms with Gasteiger partial charge in [-0.3, -0.25) is 0 Å². The molecule has 1 aliphatic rings. The van der Waals surface area contributed by atoms with Crippen LogP contribution in [0.2, 0.25) is 5.28 Å². The van der Waals surface area contributed by atoms with E-state index in [1.165, 1.54) is 31.2 Å². The number of hydrogen-bond donors (Lipinski definition) is 0. The van der Waals surface area contributed by atoms with Crippen molar-refractivity contribution in [3.05, 3.63) is 29.5 Å². The van der Waals surface area contributed by atoms with Crippen molar-refractivity contribution in [1.82, 2.24) is 9.55 Å². The number of benzene rings is 1. The van der Waals surface area contributed by atoms with Gasteiger partial charge in [0, 0.05) is 6.04 Å². The Balaban J connectivity index is 2.19. The summed E-state index contributed by atoms with van der Waals surface area (Å²) in [6, 6.07) is 8.74. The van der Waals surface area contributed by atoms with Crippen molar-refractivity contribution in [3.63, 3.8) is 0 Å². The Morgan fingerprint density at radius 2 is 1.93 bits per heavy atom. The number of imidazole rings is 1. The van der Waals surface area contributed by atoms with Crippen molar-refractivity contribution in [2.45, 2.75) is 31.7 Å². The van der Waals surface area contributed by atoms with Gasteiger partial charge in [0.05, 0.1) is 11.0 Å². The average molecular weight is 221 g/mol. The molecule has 0 aliphatic heterocycles. The molecule has 2 nitrogen and oxygen atoms in total. The zero-order valence-electron chi connectivity index (χ0n) is 8.49. The molecule has 0 saturated heterocycles. The average Bonchev–Trinajstić information content (AvgIpc) is 2.82. The van der Waals surface area contributed by atoms with Crippen LogP contribution in [0.1, 0.15) is 31.7 Å². The highest BCUT2D eigenvalue weighted by Gasteiger charge is 2.21. The maximum Gasteiger partial charge on any atom is 0.204 e. The molecule has 3 heteroatoms. The summed E-state index contributed by atoms with van der Waals surface area (Å²) in [6.07, 6.45) is 5.10. The number of rotatable bonds is 1. The minimum absolute atomic E-state index is 0.560. The SMILES string of the molecule is Clc1nc2ccccc2n1C1CCCC1. The molecule has 1 fully saturated rings. The fourth-order valence-corrected chi connectivity index (χ4v) is 2.85. The highest BCUT2D eigenvalue weighted by molar-refractivity contribution is 6.29. The van der Waals surface area contributed by atoms with Crippen molar-refractivity contribution in [2.24, 2.45) is 0 Å². The molecule has 0 atom stereocenters. The predicted octanol–water partition coefficient (Wildman–Crippen LogP) is 3.80. The number of fused-ring (bicyclic) bond motifs is 1. The number of para-hydroxylation sites is 2. The molecule has 15 heavy (non-hydrogen) atoms.